The molecule has 2 atom stereocenters. The van der Waals surface area contributed by atoms with Crippen molar-refractivity contribution < 1.29 is 5.11 Å². The fourth-order valence-electron chi connectivity index (χ4n) is 3.06. The molecule has 27 heavy (non-hydrogen) atoms. The minimum atomic E-state index is -0.681. The highest BCUT2D eigenvalue weighted by atomic mass is 127. The zero-order chi connectivity index (χ0) is 18.5. The molecule has 3 rings (SSSR count). The van der Waals surface area contributed by atoms with Crippen LogP contribution in [0.15, 0.2) is 29.3 Å². The van der Waals surface area contributed by atoms with Crippen LogP contribution in [0.1, 0.15) is 49.1 Å². The first-order chi connectivity index (χ1) is 12.6. The second-order valence-electron chi connectivity index (χ2n) is 6.37. The fraction of sp³-hybridized carbons (Fsp3) is 0.500. The van der Waals surface area contributed by atoms with E-state index >= 15 is 0 Å². The predicted molar refractivity (Wildman–Crippen MR) is 118 cm³/mol. The van der Waals surface area contributed by atoms with Crippen LogP contribution in [-0.4, -0.2) is 38.9 Å². The van der Waals surface area contributed by atoms with Crippen molar-refractivity contribution in [2.24, 2.45) is 4.99 Å². The van der Waals surface area contributed by atoms with Crippen molar-refractivity contribution >= 4 is 41.5 Å². The molecule has 0 saturated heterocycles. The van der Waals surface area contributed by atoms with Gasteiger partial charge < -0.3 is 15.7 Å². The van der Waals surface area contributed by atoms with E-state index in [9.17, 15) is 5.11 Å². The lowest BCUT2D eigenvalue weighted by Crippen LogP contribution is -2.41. The van der Waals surface area contributed by atoms with Gasteiger partial charge in [0, 0.05) is 18.1 Å². The molecule has 9 heteroatoms. The molecule has 2 heterocycles. The summed E-state index contributed by atoms with van der Waals surface area (Å²) in [7, 11) is 0. The average molecular weight is 505 g/mol. The van der Waals surface area contributed by atoms with Crippen LogP contribution < -0.4 is 10.6 Å². The van der Waals surface area contributed by atoms with Crippen molar-refractivity contribution in [1.29, 1.82) is 0 Å². The van der Waals surface area contributed by atoms with Crippen LogP contribution in [-0.2, 0) is 6.54 Å². The Morgan fingerprint density at radius 3 is 2.85 bits per heavy atom. The van der Waals surface area contributed by atoms with Gasteiger partial charge in [-0.15, -0.1) is 24.0 Å². The van der Waals surface area contributed by atoms with E-state index in [0.29, 0.717) is 11.0 Å². The lowest BCUT2D eigenvalue weighted by molar-refractivity contribution is 0.187. The summed E-state index contributed by atoms with van der Waals surface area (Å²) in [5.41, 5.74) is 0.794. The van der Waals surface area contributed by atoms with Crippen LogP contribution in [0.2, 0.25) is 5.02 Å². The second kappa shape index (κ2) is 10.2. The fourth-order valence-corrected chi connectivity index (χ4v) is 3.18. The Hall–Kier alpha value is -1.39. The molecule has 148 valence electrons. The second-order valence-corrected chi connectivity index (χ2v) is 6.80. The molecule has 0 saturated carbocycles. The van der Waals surface area contributed by atoms with Gasteiger partial charge in [0.1, 0.15) is 11.6 Å². The molecule has 0 bridgehead atoms. The standard InChI is InChI=1S/C18H25ClN6O.HI/c1-3-20-18(21-11-16(26)13-6-8-14(19)9-7-13)23-15-5-4-10-25-17(15)22-12(2)24-25;/h6-9,15-16,26H,3-5,10-11H2,1-2H3,(H2,20,21,23);1H. The number of aliphatic imine (C=N–C) groups is 1. The zero-order valence-electron chi connectivity index (χ0n) is 15.5. The summed E-state index contributed by atoms with van der Waals surface area (Å²) in [6.45, 7) is 5.82. The van der Waals surface area contributed by atoms with Gasteiger partial charge in [0.2, 0.25) is 0 Å². The highest BCUT2D eigenvalue weighted by Crippen LogP contribution is 2.23. The molecule has 0 radical (unpaired) electrons. The summed E-state index contributed by atoms with van der Waals surface area (Å²) >= 11 is 5.89. The van der Waals surface area contributed by atoms with Gasteiger partial charge in [-0.2, -0.15) is 5.10 Å². The maximum absolute atomic E-state index is 10.4. The molecule has 0 fully saturated rings. The average Bonchev–Trinajstić information content (AvgIpc) is 3.01. The first kappa shape index (κ1) is 21.9. The smallest absolute Gasteiger partial charge is 0.191 e. The lowest BCUT2D eigenvalue weighted by Gasteiger charge is -2.25. The summed E-state index contributed by atoms with van der Waals surface area (Å²) in [5, 5.41) is 22.1. The quantitative estimate of drug-likeness (QED) is 0.331. The largest absolute Gasteiger partial charge is 0.386 e. The third-order valence-corrected chi connectivity index (χ3v) is 4.56. The molecule has 3 N–H and O–H groups in total. The summed E-state index contributed by atoms with van der Waals surface area (Å²) in [6.07, 6.45) is 1.34. The van der Waals surface area contributed by atoms with Gasteiger partial charge in [-0.05, 0) is 44.4 Å². The molecular formula is C18H26ClIN6O. The number of benzene rings is 1. The van der Waals surface area contributed by atoms with Crippen molar-refractivity contribution in [2.75, 3.05) is 13.1 Å². The molecule has 1 aromatic carbocycles. The molecule has 1 aliphatic heterocycles. The van der Waals surface area contributed by atoms with E-state index in [1.165, 1.54) is 0 Å². The van der Waals surface area contributed by atoms with Crippen LogP contribution in [0.4, 0.5) is 0 Å². The first-order valence-corrected chi connectivity index (χ1v) is 9.34. The van der Waals surface area contributed by atoms with E-state index in [1.807, 2.05) is 30.7 Å². The number of aryl methyl sites for hydroxylation is 2. The summed E-state index contributed by atoms with van der Waals surface area (Å²) < 4.78 is 1.96. The van der Waals surface area contributed by atoms with E-state index in [4.69, 9.17) is 11.6 Å². The molecule has 0 amide bonds. The van der Waals surface area contributed by atoms with E-state index in [0.717, 1.165) is 43.1 Å². The van der Waals surface area contributed by atoms with Crippen LogP contribution in [0.5, 0.6) is 0 Å². The number of aromatic nitrogens is 3. The van der Waals surface area contributed by atoms with Crippen LogP contribution in [0.3, 0.4) is 0 Å². The molecule has 2 aromatic rings. The van der Waals surface area contributed by atoms with Crippen molar-refractivity contribution in [3.8, 4) is 0 Å². The van der Waals surface area contributed by atoms with Crippen molar-refractivity contribution in [1.82, 2.24) is 25.4 Å². The van der Waals surface area contributed by atoms with Gasteiger partial charge in [0.15, 0.2) is 5.96 Å². The lowest BCUT2D eigenvalue weighted by atomic mass is 10.1. The number of fused-ring (bicyclic) bond motifs is 1. The molecule has 2 unspecified atom stereocenters. The van der Waals surface area contributed by atoms with E-state index in [1.54, 1.807) is 12.1 Å². The van der Waals surface area contributed by atoms with Crippen molar-refractivity contribution in [3.63, 3.8) is 0 Å². The van der Waals surface area contributed by atoms with Gasteiger partial charge in [0.25, 0.3) is 0 Å². The van der Waals surface area contributed by atoms with E-state index < -0.39 is 6.10 Å². The van der Waals surface area contributed by atoms with Gasteiger partial charge in [0.05, 0.1) is 18.7 Å². The molecule has 7 nitrogen and oxygen atoms in total. The SMILES string of the molecule is CCNC(=NCC(O)c1ccc(Cl)cc1)NC1CCCn2nc(C)nc21.I. The number of hydrogen-bond donors (Lipinski definition) is 3. The van der Waals surface area contributed by atoms with Crippen LogP contribution in [0, 0.1) is 6.92 Å². The number of aliphatic hydroxyl groups excluding tert-OH is 1. The number of rotatable bonds is 5. The van der Waals surface area contributed by atoms with E-state index in [2.05, 4.69) is 25.7 Å². The first-order valence-electron chi connectivity index (χ1n) is 8.96. The number of hydrogen-bond acceptors (Lipinski definition) is 4. The Morgan fingerprint density at radius 1 is 1.41 bits per heavy atom. The van der Waals surface area contributed by atoms with Crippen molar-refractivity contribution in [2.45, 2.75) is 45.4 Å². The molecule has 1 aromatic heterocycles. The topological polar surface area (TPSA) is 87.4 Å². The maximum atomic E-state index is 10.4. The van der Waals surface area contributed by atoms with Gasteiger partial charge >= 0.3 is 0 Å². The molecule has 0 spiro atoms. The van der Waals surface area contributed by atoms with Gasteiger partial charge in [-0.1, -0.05) is 23.7 Å². The van der Waals surface area contributed by atoms with Crippen LogP contribution >= 0.6 is 35.6 Å². The number of nitrogens with zero attached hydrogens (tertiary/aromatic N) is 4. The Labute approximate surface area is 181 Å². The summed E-state index contributed by atoms with van der Waals surface area (Å²) in [5.74, 6) is 2.39. The maximum Gasteiger partial charge on any atom is 0.191 e. The molecular weight excluding hydrogens is 479 g/mol. The Bertz CT molecular complexity index is 764. The predicted octanol–water partition coefficient (Wildman–Crippen LogP) is 2.98. The number of halogens is 2. The number of guanidine groups is 1. The van der Waals surface area contributed by atoms with Crippen LogP contribution in [0.25, 0.3) is 0 Å². The summed E-state index contributed by atoms with van der Waals surface area (Å²) in [4.78, 5) is 9.08. The Morgan fingerprint density at radius 2 is 2.15 bits per heavy atom. The normalized spacial score (nSPS) is 17.6. The summed E-state index contributed by atoms with van der Waals surface area (Å²) in [6, 6.07) is 7.23. The monoisotopic (exact) mass is 504 g/mol. The van der Waals surface area contributed by atoms with Gasteiger partial charge in [-0.25, -0.2) is 9.67 Å². The molecule has 0 aliphatic carbocycles. The molecule has 1 aliphatic rings. The van der Waals surface area contributed by atoms with Gasteiger partial charge in [-0.3, -0.25) is 4.99 Å². The highest BCUT2D eigenvalue weighted by Gasteiger charge is 2.24. The van der Waals surface area contributed by atoms with Crippen molar-refractivity contribution in [3.05, 3.63) is 46.5 Å². The minimum absolute atomic E-state index is 0. The van der Waals surface area contributed by atoms with E-state index in [-0.39, 0.29) is 36.6 Å². The highest BCUT2D eigenvalue weighted by molar-refractivity contribution is 14.0. The zero-order valence-corrected chi connectivity index (χ0v) is 18.6. The minimum Gasteiger partial charge on any atom is -0.386 e. The number of aliphatic hydroxyl groups is 1. The third kappa shape index (κ3) is 5.79. The Kier molecular flexibility index (Phi) is 8.30. The third-order valence-electron chi connectivity index (χ3n) is 4.31. The Balaban J connectivity index is 0.00000261. The number of nitrogens with one attached hydrogen (secondary N) is 2.